The molecule has 2 aliphatic heterocycles. The van der Waals surface area contributed by atoms with Gasteiger partial charge in [0.2, 0.25) is 5.96 Å². The Morgan fingerprint density at radius 1 is 1.10 bits per heavy atom. The van der Waals surface area contributed by atoms with Gasteiger partial charge in [-0.1, -0.05) is 39.5 Å². The first kappa shape index (κ1) is 30.5. The lowest BCUT2D eigenvalue weighted by Gasteiger charge is -2.24. The van der Waals surface area contributed by atoms with Crippen LogP contribution in [-0.2, 0) is 5.41 Å². The maximum absolute atomic E-state index is 13.4. The molecule has 4 N–H and O–H groups in total. The number of carbonyl (C=O) groups is 1. The number of aliphatic imine (C=N–C) groups is 3. The Hall–Kier alpha value is -4.44. The molecule has 2 heterocycles. The van der Waals surface area contributed by atoms with Crippen LogP contribution in [-0.4, -0.2) is 73.9 Å². The Kier molecular flexibility index (Phi) is 9.47. The van der Waals surface area contributed by atoms with Gasteiger partial charge in [0.15, 0.2) is 0 Å². The van der Waals surface area contributed by atoms with E-state index in [1.165, 1.54) is 6.20 Å². The lowest BCUT2D eigenvalue weighted by atomic mass is 9.87. The van der Waals surface area contributed by atoms with Crippen LogP contribution in [0.1, 0.15) is 48.7 Å². The summed E-state index contributed by atoms with van der Waals surface area (Å²) in [5.41, 5.74) is 11.2. The average molecular weight is 571 g/mol. The van der Waals surface area contributed by atoms with Gasteiger partial charge in [0.25, 0.3) is 5.91 Å². The first-order chi connectivity index (χ1) is 20.0. The van der Waals surface area contributed by atoms with Crippen LogP contribution in [0.5, 0.6) is 5.75 Å². The summed E-state index contributed by atoms with van der Waals surface area (Å²) in [7, 11) is 3.71. The third kappa shape index (κ3) is 7.25. The number of benzene rings is 2. The van der Waals surface area contributed by atoms with E-state index in [9.17, 15) is 4.79 Å². The molecule has 2 aromatic carbocycles. The summed E-state index contributed by atoms with van der Waals surface area (Å²) in [6.07, 6.45) is 4.12. The summed E-state index contributed by atoms with van der Waals surface area (Å²) in [5.74, 6) is 1.23. The van der Waals surface area contributed by atoms with E-state index in [-0.39, 0.29) is 11.3 Å². The molecule has 0 atom stereocenters. The SMILES string of the molecule is C=C/N=C1/C=NC(N2CCCN(C)CC2)=N/C1=C(/N)Nc1cc(C(=O)Nc2cc(C(C)(C)C)ccc2OC)ccc1C. The third-order valence-electron chi connectivity index (χ3n) is 7.33. The van der Waals surface area contributed by atoms with Crippen LogP contribution in [0.25, 0.3) is 0 Å². The molecular weight excluding hydrogens is 528 g/mol. The Morgan fingerprint density at radius 2 is 1.88 bits per heavy atom. The quantitative estimate of drug-likeness (QED) is 0.461. The highest BCUT2D eigenvalue weighted by Crippen LogP contribution is 2.32. The highest BCUT2D eigenvalue weighted by atomic mass is 16.5. The van der Waals surface area contributed by atoms with Gasteiger partial charge in [-0.25, -0.2) is 9.98 Å². The summed E-state index contributed by atoms with van der Waals surface area (Å²) >= 11 is 0. The minimum absolute atomic E-state index is 0.0821. The first-order valence-electron chi connectivity index (χ1n) is 14.1. The minimum atomic E-state index is -0.265. The smallest absolute Gasteiger partial charge is 0.255 e. The zero-order valence-electron chi connectivity index (χ0n) is 25.5. The van der Waals surface area contributed by atoms with Crippen molar-refractivity contribution in [2.24, 2.45) is 20.7 Å². The van der Waals surface area contributed by atoms with Crippen molar-refractivity contribution in [3.05, 3.63) is 77.4 Å². The van der Waals surface area contributed by atoms with Crippen molar-refractivity contribution in [2.75, 3.05) is 51.0 Å². The molecule has 0 unspecified atom stereocenters. The molecule has 0 spiro atoms. The molecule has 2 aliphatic rings. The maximum atomic E-state index is 13.4. The lowest BCUT2D eigenvalue weighted by Crippen LogP contribution is -2.36. The van der Waals surface area contributed by atoms with E-state index in [1.54, 1.807) is 25.5 Å². The number of hydrogen-bond donors (Lipinski definition) is 3. The van der Waals surface area contributed by atoms with Crippen LogP contribution in [0.4, 0.5) is 11.4 Å². The lowest BCUT2D eigenvalue weighted by molar-refractivity contribution is 0.102. The molecule has 2 aromatic rings. The normalized spacial score (nSPS) is 18.3. The fourth-order valence-corrected chi connectivity index (χ4v) is 4.72. The number of hydrogen-bond acceptors (Lipinski definition) is 9. The molecule has 1 saturated heterocycles. The molecular formula is C32H42N8O2. The summed E-state index contributed by atoms with van der Waals surface area (Å²) in [6.45, 7) is 15.7. The van der Waals surface area contributed by atoms with Crippen LogP contribution in [0, 0.1) is 6.92 Å². The molecule has 0 aliphatic carbocycles. The number of carbonyl (C=O) groups excluding carboxylic acids is 1. The van der Waals surface area contributed by atoms with E-state index >= 15 is 0 Å². The van der Waals surface area contributed by atoms with E-state index < -0.39 is 0 Å². The highest BCUT2D eigenvalue weighted by Gasteiger charge is 2.22. The number of aryl methyl sites for hydroxylation is 1. The molecule has 0 bridgehead atoms. The largest absolute Gasteiger partial charge is 0.495 e. The van der Waals surface area contributed by atoms with E-state index in [0.717, 1.165) is 43.7 Å². The predicted molar refractivity (Wildman–Crippen MR) is 173 cm³/mol. The second kappa shape index (κ2) is 13.0. The van der Waals surface area contributed by atoms with E-state index in [1.807, 2.05) is 31.2 Å². The number of nitrogens with zero attached hydrogens (tertiary/aromatic N) is 5. The van der Waals surface area contributed by atoms with Gasteiger partial charge in [-0.3, -0.25) is 9.79 Å². The second-order valence-corrected chi connectivity index (χ2v) is 11.5. The summed E-state index contributed by atoms with van der Waals surface area (Å²) in [6, 6.07) is 11.3. The maximum Gasteiger partial charge on any atom is 0.255 e. The fourth-order valence-electron chi connectivity index (χ4n) is 4.72. The van der Waals surface area contributed by atoms with Crippen molar-refractivity contribution < 1.29 is 9.53 Å². The minimum Gasteiger partial charge on any atom is -0.495 e. The Morgan fingerprint density at radius 3 is 2.60 bits per heavy atom. The number of likely N-dealkylation sites (N-methyl/N-ethyl adjacent to an activating group) is 1. The number of anilines is 2. The summed E-state index contributed by atoms with van der Waals surface area (Å²) in [4.78, 5) is 31.6. The van der Waals surface area contributed by atoms with Crippen molar-refractivity contribution >= 4 is 35.2 Å². The molecule has 1 amide bonds. The number of allylic oxidation sites excluding steroid dienone is 1. The van der Waals surface area contributed by atoms with Crippen molar-refractivity contribution in [1.82, 2.24) is 9.80 Å². The topological polar surface area (TPSA) is 120 Å². The van der Waals surface area contributed by atoms with Crippen molar-refractivity contribution in [2.45, 2.75) is 39.5 Å². The zero-order chi connectivity index (χ0) is 30.4. The fraction of sp³-hybridized carbons (Fsp3) is 0.375. The van der Waals surface area contributed by atoms with Crippen LogP contribution >= 0.6 is 0 Å². The third-order valence-corrected chi connectivity index (χ3v) is 7.33. The Balaban J connectivity index is 1.62. The number of nitrogens with two attached hydrogens (primary N) is 1. The van der Waals surface area contributed by atoms with Gasteiger partial charge in [-0.05, 0) is 67.7 Å². The summed E-state index contributed by atoms with van der Waals surface area (Å²) < 4.78 is 5.51. The number of methoxy groups -OCH3 is 1. The monoisotopic (exact) mass is 570 g/mol. The van der Waals surface area contributed by atoms with Gasteiger partial charge in [0.1, 0.15) is 23.0 Å². The van der Waals surface area contributed by atoms with Crippen molar-refractivity contribution in [3.63, 3.8) is 0 Å². The number of amides is 1. The molecule has 1 fully saturated rings. The molecule has 4 rings (SSSR count). The molecule has 0 saturated carbocycles. The van der Waals surface area contributed by atoms with Crippen LogP contribution < -0.4 is 21.1 Å². The standard InChI is InChI=1S/C32H42N8O2/c1-8-34-26-20-35-31(40-15-9-14-39(6)16-17-40)38-28(26)29(33)36-24-18-22(11-10-21(24)2)30(41)37-25-19-23(32(3,4)5)12-13-27(25)42-7/h8,10-13,18-20,36H,1,9,14-17,33H2,2-7H3,(H,37,41)/b29-28-,34-26-. The Bertz CT molecular complexity index is 1470. The van der Waals surface area contributed by atoms with E-state index in [0.29, 0.717) is 45.9 Å². The van der Waals surface area contributed by atoms with Gasteiger partial charge >= 0.3 is 0 Å². The van der Waals surface area contributed by atoms with Crippen molar-refractivity contribution in [3.8, 4) is 5.75 Å². The average Bonchev–Trinajstić information content (AvgIpc) is 3.18. The molecule has 0 radical (unpaired) electrons. The number of ether oxygens (including phenoxy) is 1. The zero-order valence-corrected chi connectivity index (χ0v) is 25.5. The van der Waals surface area contributed by atoms with Crippen molar-refractivity contribution in [1.29, 1.82) is 0 Å². The number of guanidine groups is 1. The second-order valence-electron chi connectivity index (χ2n) is 11.5. The molecule has 0 aromatic heterocycles. The van der Waals surface area contributed by atoms with Crippen LogP contribution in [0.2, 0.25) is 0 Å². The Labute approximate surface area is 248 Å². The molecule has 10 nitrogen and oxygen atoms in total. The molecule has 10 heteroatoms. The highest BCUT2D eigenvalue weighted by molar-refractivity contribution is 6.41. The van der Waals surface area contributed by atoms with Gasteiger partial charge in [0, 0.05) is 37.1 Å². The van der Waals surface area contributed by atoms with Gasteiger partial charge in [-0.2, -0.15) is 0 Å². The molecule has 42 heavy (non-hydrogen) atoms. The summed E-state index contributed by atoms with van der Waals surface area (Å²) in [5, 5.41) is 6.28. The van der Waals surface area contributed by atoms with E-state index in [4.69, 9.17) is 15.5 Å². The van der Waals surface area contributed by atoms with Crippen LogP contribution in [0.3, 0.4) is 0 Å². The number of rotatable bonds is 6. The predicted octanol–water partition coefficient (Wildman–Crippen LogP) is 4.76. The molecule has 222 valence electrons. The van der Waals surface area contributed by atoms with Gasteiger partial charge < -0.3 is 30.9 Å². The number of nitrogens with one attached hydrogen (secondary N) is 2. The van der Waals surface area contributed by atoms with Crippen LogP contribution in [0.15, 0.2) is 75.7 Å². The van der Waals surface area contributed by atoms with Gasteiger partial charge in [-0.15, -0.1) is 0 Å². The van der Waals surface area contributed by atoms with E-state index in [2.05, 4.69) is 64.8 Å². The first-order valence-corrected chi connectivity index (χ1v) is 14.1. The van der Waals surface area contributed by atoms with Gasteiger partial charge in [0.05, 0.1) is 19.0 Å².